The summed E-state index contributed by atoms with van der Waals surface area (Å²) in [6.07, 6.45) is 9.15. The Bertz CT molecular complexity index is 335. The van der Waals surface area contributed by atoms with E-state index in [2.05, 4.69) is 0 Å². The molecule has 1 N–H and O–H groups in total. The maximum Gasteiger partial charge on any atom is 0.335 e. The average molecular weight is 208 g/mol. The molecule has 82 valence electrons. The fraction of sp³-hybridized carbons (Fsp3) is 0.417. The van der Waals surface area contributed by atoms with Crippen LogP contribution in [0.5, 0.6) is 0 Å². The van der Waals surface area contributed by atoms with Crippen molar-refractivity contribution in [1.82, 2.24) is 0 Å². The molecule has 0 heterocycles. The Hall–Kier alpha value is -1.35. The lowest BCUT2D eigenvalue weighted by Gasteiger charge is -2.23. The Balaban J connectivity index is 2.75. The van der Waals surface area contributed by atoms with Crippen LogP contribution in [-0.2, 0) is 9.53 Å². The number of carbonyl (C=O) groups is 1. The van der Waals surface area contributed by atoms with Gasteiger partial charge in [0.25, 0.3) is 0 Å². The molecule has 0 bridgehead atoms. The Kier molecular flexibility index (Phi) is 3.48. The van der Waals surface area contributed by atoms with Gasteiger partial charge in [-0.2, -0.15) is 0 Å². The van der Waals surface area contributed by atoms with Gasteiger partial charge in [-0.1, -0.05) is 29.9 Å². The lowest BCUT2D eigenvalue weighted by Crippen LogP contribution is -2.37. The van der Waals surface area contributed by atoms with E-state index in [-0.39, 0.29) is 6.10 Å². The van der Waals surface area contributed by atoms with E-state index >= 15 is 0 Å². The number of allylic oxidation sites excluding steroid dienone is 4. The van der Waals surface area contributed by atoms with Crippen LogP contribution in [-0.4, -0.2) is 22.8 Å². The molecule has 0 saturated heterocycles. The first-order valence-corrected chi connectivity index (χ1v) is 4.86. The third kappa shape index (κ3) is 3.36. The quantitative estimate of drug-likeness (QED) is 0.774. The molecule has 0 fully saturated rings. The topological polar surface area (TPSA) is 46.5 Å². The molecule has 1 rings (SSSR count). The van der Waals surface area contributed by atoms with Gasteiger partial charge in [0.2, 0.25) is 0 Å². The van der Waals surface area contributed by atoms with E-state index in [0.29, 0.717) is 0 Å². The molecule has 0 amide bonds. The number of hydrogen-bond donors (Lipinski definition) is 1. The van der Waals surface area contributed by atoms with Crippen molar-refractivity contribution in [2.24, 2.45) is 0 Å². The minimum absolute atomic E-state index is 0.286. The normalized spacial score (nSPS) is 21.0. The van der Waals surface area contributed by atoms with Gasteiger partial charge in [0.15, 0.2) is 5.60 Å². The van der Waals surface area contributed by atoms with Crippen LogP contribution in [0, 0.1) is 0 Å². The predicted molar refractivity (Wildman–Crippen MR) is 58.6 cm³/mol. The van der Waals surface area contributed by atoms with Gasteiger partial charge in [-0.15, -0.1) is 0 Å². The summed E-state index contributed by atoms with van der Waals surface area (Å²) < 4.78 is 5.49. The van der Waals surface area contributed by atoms with Gasteiger partial charge in [-0.25, -0.2) is 4.79 Å². The number of aliphatic carboxylic acids is 1. The molecule has 0 aliphatic heterocycles. The fourth-order valence-electron chi connectivity index (χ4n) is 1.22. The number of rotatable bonds is 3. The van der Waals surface area contributed by atoms with E-state index in [4.69, 9.17) is 9.84 Å². The zero-order valence-electron chi connectivity index (χ0n) is 9.23. The summed E-state index contributed by atoms with van der Waals surface area (Å²) in [5, 5.41) is 8.92. The van der Waals surface area contributed by atoms with Crippen LogP contribution in [0.25, 0.3) is 0 Å². The van der Waals surface area contributed by atoms with Crippen molar-refractivity contribution >= 4 is 5.97 Å². The van der Waals surface area contributed by atoms with Crippen LogP contribution >= 0.6 is 0 Å². The third-order valence-electron chi connectivity index (χ3n) is 2.14. The van der Waals surface area contributed by atoms with Crippen molar-refractivity contribution in [3.8, 4) is 0 Å². The van der Waals surface area contributed by atoms with Gasteiger partial charge < -0.3 is 9.84 Å². The second kappa shape index (κ2) is 4.45. The summed E-state index contributed by atoms with van der Waals surface area (Å²) in [5.41, 5.74) is -0.109. The molecule has 1 atom stereocenters. The van der Waals surface area contributed by atoms with Gasteiger partial charge >= 0.3 is 5.97 Å². The second-order valence-electron chi connectivity index (χ2n) is 4.05. The van der Waals surface area contributed by atoms with Crippen molar-refractivity contribution in [1.29, 1.82) is 0 Å². The van der Waals surface area contributed by atoms with E-state index in [1.54, 1.807) is 13.8 Å². The molecule has 0 saturated carbocycles. The summed E-state index contributed by atoms with van der Waals surface area (Å²) in [7, 11) is 0. The largest absolute Gasteiger partial charge is 0.479 e. The molecule has 15 heavy (non-hydrogen) atoms. The molecule has 3 heteroatoms. The van der Waals surface area contributed by atoms with Crippen LogP contribution < -0.4 is 0 Å². The van der Waals surface area contributed by atoms with Crippen LogP contribution in [0.2, 0.25) is 0 Å². The van der Waals surface area contributed by atoms with Crippen molar-refractivity contribution in [2.45, 2.75) is 32.5 Å². The first kappa shape index (κ1) is 11.7. The van der Waals surface area contributed by atoms with Crippen LogP contribution in [0.4, 0.5) is 0 Å². The van der Waals surface area contributed by atoms with E-state index in [1.807, 2.05) is 37.3 Å². The molecule has 1 unspecified atom stereocenters. The van der Waals surface area contributed by atoms with Crippen LogP contribution in [0.3, 0.4) is 0 Å². The number of carboxylic acid groups (broad SMARTS) is 1. The summed E-state index contributed by atoms with van der Waals surface area (Å²) >= 11 is 0. The molecule has 3 nitrogen and oxygen atoms in total. The molecule has 0 radical (unpaired) electrons. The predicted octanol–water partition coefficient (Wildman–Crippen LogP) is 2.31. The fourth-order valence-corrected chi connectivity index (χ4v) is 1.22. The smallest absolute Gasteiger partial charge is 0.335 e. The molecule has 0 aromatic rings. The first-order valence-electron chi connectivity index (χ1n) is 4.86. The Morgan fingerprint density at radius 3 is 2.73 bits per heavy atom. The van der Waals surface area contributed by atoms with Gasteiger partial charge in [0, 0.05) is 0 Å². The van der Waals surface area contributed by atoms with Crippen LogP contribution in [0.15, 0.2) is 36.0 Å². The molecule has 1 aliphatic rings. The van der Waals surface area contributed by atoms with E-state index in [0.717, 1.165) is 5.57 Å². The lowest BCUT2D eigenvalue weighted by molar-refractivity contribution is -0.163. The van der Waals surface area contributed by atoms with Crippen molar-refractivity contribution in [2.75, 3.05) is 0 Å². The summed E-state index contributed by atoms with van der Waals surface area (Å²) in [4.78, 5) is 10.9. The standard InChI is InChI=1S/C12H16O3/c1-9-6-4-5-7-10(8-9)15-12(2,3)11(13)14/h4-8,10H,1-3H3,(H,13,14). The highest BCUT2D eigenvalue weighted by Gasteiger charge is 2.30. The van der Waals surface area contributed by atoms with Gasteiger partial charge in [0.05, 0.1) is 6.10 Å². The maximum absolute atomic E-state index is 10.9. The van der Waals surface area contributed by atoms with Gasteiger partial charge in [-0.3, -0.25) is 0 Å². The van der Waals surface area contributed by atoms with E-state index < -0.39 is 11.6 Å². The van der Waals surface area contributed by atoms with Crippen LogP contribution in [0.1, 0.15) is 20.8 Å². The SMILES string of the molecule is CC1=CC(OC(C)(C)C(=O)O)C=CC=C1. The molecule has 0 aromatic heterocycles. The first-order chi connectivity index (χ1) is 6.92. The Morgan fingerprint density at radius 2 is 2.13 bits per heavy atom. The minimum atomic E-state index is -1.17. The molecular formula is C12H16O3. The molecule has 1 aliphatic carbocycles. The number of carboxylic acids is 1. The van der Waals surface area contributed by atoms with Crippen molar-refractivity contribution in [3.05, 3.63) is 36.0 Å². The highest BCUT2D eigenvalue weighted by atomic mass is 16.5. The highest BCUT2D eigenvalue weighted by molar-refractivity contribution is 5.76. The van der Waals surface area contributed by atoms with Crippen molar-refractivity contribution in [3.63, 3.8) is 0 Å². The molecule has 0 spiro atoms. The summed E-state index contributed by atoms with van der Waals surface area (Å²) in [6.45, 7) is 5.04. The average Bonchev–Trinajstić information content (AvgIpc) is 2.28. The zero-order valence-corrected chi connectivity index (χ0v) is 9.23. The number of ether oxygens (including phenoxy) is 1. The second-order valence-corrected chi connectivity index (χ2v) is 4.05. The minimum Gasteiger partial charge on any atom is -0.479 e. The Morgan fingerprint density at radius 1 is 1.47 bits per heavy atom. The summed E-state index contributed by atoms with van der Waals surface area (Å²) in [5.74, 6) is -0.959. The molecular weight excluding hydrogens is 192 g/mol. The monoisotopic (exact) mass is 208 g/mol. The number of hydrogen-bond acceptors (Lipinski definition) is 2. The Labute approximate surface area is 89.7 Å². The third-order valence-corrected chi connectivity index (χ3v) is 2.14. The molecule has 0 aromatic carbocycles. The van der Waals surface area contributed by atoms with Gasteiger partial charge in [0.1, 0.15) is 0 Å². The van der Waals surface area contributed by atoms with Gasteiger partial charge in [-0.05, 0) is 26.8 Å². The van der Waals surface area contributed by atoms with E-state index in [9.17, 15) is 4.79 Å². The zero-order chi connectivity index (χ0) is 11.5. The van der Waals surface area contributed by atoms with E-state index in [1.165, 1.54) is 0 Å². The van der Waals surface area contributed by atoms with Crippen molar-refractivity contribution < 1.29 is 14.6 Å². The maximum atomic E-state index is 10.9. The summed E-state index contributed by atoms with van der Waals surface area (Å²) in [6, 6.07) is 0. The highest BCUT2D eigenvalue weighted by Crippen LogP contribution is 2.17. The lowest BCUT2D eigenvalue weighted by atomic mass is 10.1.